The fourth-order valence-corrected chi connectivity index (χ4v) is 0.990. The summed E-state index contributed by atoms with van der Waals surface area (Å²) in [5, 5.41) is 11.3. The Morgan fingerprint density at radius 2 is 1.86 bits per heavy atom. The minimum absolute atomic E-state index is 0.380. The van der Waals surface area contributed by atoms with Crippen molar-refractivity contribution in [3.63, 3.8) is 0 Å². The molecule has 0 saturated carbocycles. The molecule has 0 aromatic heterocycles. The molecule has 0 aromatic carbocycles. The highest BCUT2D eigenvalue weighted by Crippen LogP contribution is 2.19. The van der Waals surface area contributed by atoms with Gasteiger partial charge < -0.3 is 10.4 Å². The molecule has 1 amide bonds. The number of aliphatic carboxylic acids is 1. The van der Waals surface area contributed by atoms with Gasteiger partial charge in [0.05, 0.1) is 0 Å². The number of carboxylic acid groups (broad SMARTS) is 1. The number of nitrogens with one attached hydrogen (secondary N) is 1. The molecule has 0 radical (unpaired) electrons. The molecule has 2 N–H and O–H groups in total. The normalized spacial score (nSPS) is 14.0. The van der Waals surface area contributed by atoms with E-state index in [9.17, 15) is 9.59 Å². The van der Waals surface area contributed by atoms with Crippen molar-refractivity contribution in [1.29, 1.82) is 0 Å². The molecule has 4 heteroatoms. The molecule has 0 heterocycles. The second-order valence-electron chi connectivity index (χ2n) is 4.15. The van der Waals surface area contributed by atoms with Crippen LogP contribution in [0.25, 0.3) is 0 Å². The molecule has 4 nitrogen and oxygen atoms in total. The molecule has 0 rings (SSSR count). The number of carbonyl (C=O) groups is 2. The van der Waals surface area contributed by atoms with E-state index in [1.54, 1.807) is 33.8 Å². The Balaban J connectivity index is 4.56. The lowest BCUT2D eigenvalue weighted by atomic mass is 9.87. The van der Waals surface area contributed by atoms with E-state index in [0.29, 0.717) is 0 Å². The number of hydrogen-bond acceptors (Lipinski definition) is 2. The molecule has 0 aliphatic rings. The quantitative estimate of drug-likeness (QED) is 0.671. The van der Waals surface area contributed by atoms with Gasteiger partial charge in [-0.05, 0) is 18.4 Å². The van der Waals surface area contributed by atoms with E-state index in [1.807, 2.05) is 0 Å². The van der Waals surface area contributed by atoms with Crippen LogP contribution in [-0.2, 0) is 9.59 Å². The number of carbonyl (C=O) groups excluding carboxylic acids is 1. The Kier molecular flexibility index (Phi) is 4.34. The van der Waals surface area contributed by atoms with Gasteiger partial charge in [0.15, 0.2) is 0 Å². The maximum Gasteiger partial charge on any atom is 0.326 e. The summed E-state index contributed by atoms with van der Waals surface area (Å²) in [6.45, 7) is 7.00. The number of carboxylic acids is 1. The Bertz CT molecular complexity index is 251. The Morgan fingerprint density at radius 3 is 2.14 bits per heavy atom. The highest BCUT2D eigenvalue weighted by molar-refractivity contribution is 5.91. The van der Waals surface area contributed by atoms with Crippen LogP contribution in [0.1, 0.15) is 27.7 Å². The van der Waals surface area contributed by atoms with Crippen LogP contribution in [0.2, 0.25) is 0 Å². The summed E-state index contributed by atoms with van der Waals surface area (Å²) in [6.07, 6.45) is 2.87. The molecule has 0 aromatic rings. The Labute approximate surface area is 84.0 Å². The average molecular weight is 199 g/mol. The van der Waals surface area contributed by atoms with Gasteiger partial charge in [-0.25, -0.2) is 4.79 Å². The van der Waals surface area contributed by atoms with E-state index < -0.39 is 17.4 Å². The summed E-state index contributed by atoms with van der Waals surface area (Å²) in [5.41, 5.74) is -0.497. The maximum absolute atomic E-state index is 11.1. The van der Waals surface area contributed by atoms with Gasteiger partial charge in [0.2, 0.25) is 5.91 Å². The zero-order chi connectivity index (χ0) is 11.4. The second kappa shape index (κ2) is 4.79. The second-order valence-corrected chi connectivity index (χ2v) is 4.15. The standard InChI is InChI=1S/C10H17NO3/c1-5-6-7(12)11-8(9(13)14)10(2,3)4/h5-6,8H,1-4H3,(H,11,12)(H,13,14)/b6-5+/t8-/m0/s1. The molecular weight excluding hydrogens is 182 g/mol. The van der Waals surface area contributed by atoms with Crippen molar-refractivity contribution in [2.45, 2.75) is 33.7 Å². The minimum Gasteiger partial charge on any atom is -0.480 e. The molecular formula is C10H17NO3. The van der Waals surface area contributed by atoms with Crippen molar-refractivity contribution < 1.29 is 14.7 Å². The van der Waals surface area contributed by atoms with Crippen molar-refractivity contribution in [3.05, 3.63) is 12.2 Å². The summed E-state index contributed by atoms with van der Waals surface area (Å²) in [6, 6.07) is -0.869. The average Bonchev–Trinajstić information content (AvgIpc) is 1.98. The van der Waals surface area contributed by atoms with Gasteiger partial charge in [-0.1, -0.05) is 26.8 Å². The van der Waals surface area contributed by atoms with E-state index in [0.717, 1.165) is 0 Å². The highest BCUT2D eigenvalue weighted by atomic mass is 16.4. The molecule has 1 atom stereocenters. The number of allylic oxidation sites excluding steroid dienone is 1. The van der Waals surface area contributed by atoms with Crippen LogP contribution in [0.3, 0.4) is 0 Å². The van der Waals surface area contributed by atoms with Crippen molar-refractivity contribution in [3.8, 4) is 0 Å². The zero-order valence-electron chi connectivity index (χ0n) is 9.00. The summed E-state index contributed by atoms with van der Waals surface area (Å²) >= 11 is 0. The summed E-state index contributed by atoms with van der Waals surface area (Å²) < 4.78 is 0. The Morgan fingerprint density at radius 1 is 1.36 bits per heavy atom. The maximum atomic E-state index is 11.1. The molecule has 0 saturated heterocycles. The lowest BCUT2D eigenvalue weighted by Gasteiger charge is -2.27. The van der Waals surface area contributed by atoms with Crippen LogP contribution in [0.15, 0.2) is 12.2 Å². The molecule has 0 spiro atoms. The highest BCUT2D eigenvalue weighted by Gasteiger charge is 2.31. The van der Waals surface area contributed by atoms with E-state index in [1.165, 1.54) is 6.08 Å². The van der Waals surface area contributed by atoms with Crippen LogP contribution in [-0.4, -0.2) is 23.0 Å². The van der Waals surface area contributed by atoms with E-state index in [2.05, 4.69) is 5.32 Å². The van der Waals surface area contributed by atoms with Gasteiger partial charge in [-0.15, -0.1) is 0 Å². The first-order valence-electron chi connectivity index (χ1n) is 4.45. The monoisotopic (exact) mass is 199 g/mol. The van der Waals surface area contributed by atoms with Gasteiger partial charge in [-0.3, -0.25) is 4.79 Å². The fourth-order valence-electron chi connectivity index (χ4n) is 0.990. The predicted octanol–water partition coefficient (Wildman–Crippen LogP) is 1.18. The predicted molar refractivity (Wildman–Crippen MR) is 53.8 cm³/mol. The van der Waals surface area contributed by atoms with Gasteiger partial charge >= 0.3 is 5.97 Å². The molecule has 0 aliphatic carbocycles. The first-order chi connectivity index (χ1) is 6.29. The molecule has 0 unspecified atom stereocenters. The molecule has 0 fully saturated rings. The molecule has 0 bridgehead atoms. The zero-order valence-corrected chi connectivity index (χ0v) is 9.00. The summed E-state index contributed by atoms with van der Waals surface area (Å²) in [7, 11) is 0. The van der Waals surface area contributed by atoms with Crippen LogP contribution < -0.4 is 5.32 Å². The van der Waals surface area contributed by atoms with Crippen molar-refractivity contribution in [2.24, 2.45) is 5.41 Å². The molecule has 0 aliphatic heterocycles. The Hall–Kier alpha value is -1.32. The smallest absolute Gasteiger partial charge is 0.326 e. The number of rotatable bonds is 3. The van der Waals surface area contributed by atoms with Crippen molar-refractivity contribution >= 4 is 11.9 Å². The van der Waals surface area contributed by atoms with Crippen molar-refractivity contribution in [1.82, 2.24) is 5.32 Å². The largest absolute Gasteiger partial charge is 0.480 e. The molecule has 14 heavy (non-hydrogen) atoms. The van der Waals surface area contributed by atoms with Crippen LogP contribution >= 0.6 is 0 Å². The van der Waals surface area contributed by atoms with Crippen molar-refractivity contribution in [2.75, 3.05) is 0 Å². The third-order valence-corrected chi connectivity index (χ3v) is 1.72. The summed E-state index contributed by atoms with van der Waals surface area (Å²) in [5.74, 6) is -1.40. The van der Waals surface area contributed by atoms with Gasteiger partial charge in [-0.2, -0.15) is 0 Å². The first-order valence-corrected chi connectivity index (χ1v) is 4.45. The first kappa shape index (κ1) is 12.7. The summed E-state index contributed by atoms with van der Waals surface area (Å²) in [4.78, 5) is 22.0. The minimum atomic E-state index is -1.02. The van der Waals surface area contributed by atoms with Gasteiger partial charge in [0, 0.05) is 0 Å². The third-order valence-electron chi connectivity index (χ3n) is 1.72. The van der Waals surface area contributed by atoms with Crippen LogP contribution in [0.4, 0.5) is 0 Å². The van der Waals surface area contributed by atoms with E-state index in [-0.39, 0.29) is 5.91 Å². The van der Waals surface area contributed by atoms with E-state index in [4.69, 9.17) is 5.11 Å². The fraction of sp³-hybridized carbons (Fsp3) is 0.600. The lowest BCUT2D eigenvalue weighted by Crippen LogP contribution is -2.48. The van der Waals surface area contributed by atoms with E-state index >= 15 is 0 Å². The van der Waals surface area contributed by atoms with Crippen LogP contribution in [0, 0.1) is 5.41 Å². The number of amides is 1. The lowest BCUT2D eigenvalue weighted by molar-refractivity contribution is -0.144. The van der Waals surface area contributed by atoms with Gasteiger partial charge in [0.1, 0.15) is 6.04 Å². The third kappa shape index (κ3) is 4.07. The van der Waals surface area contributed by atoms with Gasteiger partial charge in [0.25, 0.3) is 0 Å². The topological polar surface area (TPSA) is 66.4 Å². The van der Waals surface area contributed by atoms with Crippen LogP contribution in [0.5, 0.6) is 0 Å². The molecule has 80 valence electrons. The SMILES string of the molecule is C/C=C/C(=O)N[C@@H](C(=O)O)C(C)(C)C. The number of hydrogen-bond donors (Lipinski definition) is 2.